The standard InChI is InChI=1S/C24H26F2N7O5PS/c1-2-37-16-5-3-15(4-6-16)33-11-18(22(31-33)21-17(25)7-8-20(26)30-21)28-23(34)19-12-40-24(29-19)14-9-27-32(10-14)13-38-39(35)36/h7-12,15-16,35-36H,2-6,13H2,1H3,(H,28,34). The second-order valence-corrected chi connectivity index (χ2v) is 10.6. The van der Waals surface area contributed by atoms with Gasteiger partial charge in [-0.25, -0.2) is 19.0 Å². The number of thiazole rings is 1. The van der Waals surface area contributed by atoms with Gasteiger partial charge in [0.25, 0.3) is 5.91 Å². The zero-order valence-electron chi connectivity index (χ0n) is 21.3. The number of rotatable bonds is 10. The maximum Gasteiger partial charge on any atom is 0.328 e. The Kier molecular flexibility index (Phi) is 8.88. The average molecular weight is 594 g/mol. The minimum Gasteiger partial charge on any atom is -0.379 e. The van der Waals surface area contributed by atoms with E-state index >= 15 is 0 Å². The van der Waals surface area contributed by atoms with E-state index in [9.17, 15) is 13.6 Å². The van der Waals surface area contributed by atoms with Crippen LogP contribution in [-0.4, -0.2) is 57.9 Å². The van der Waals surface area contributed by atoms with E-state index in [0.29, 0.717) is 17.2 Å². The number of carbonyl (C=O) groups is 1. The third-order valence-corrected chi connectivity index (χ3v) is 7.60. The minimum atomic E-state index is -2.52. The maximum atomic E-state index is 14.7. The number of nitrogens with zero attached hydrogens (tertiary/aromatic N) is 6. The Labute approximate surface area is 232 Å². The molecule has 4 aromatic rings. The quantitative estimate of drug-likeness (QED) is 0.178. The van der Waals surface area contributed by atoms with Crippen molar-refractivity contribution in [3.05, 3.63) is 53.6 Å². The summed E-state index contributed by atoms with van der Waals surface area (Å²) >= 11 is 1.20. The number of halogens is 2. The van der Waals surface area contributed by atoms with Gasteiger partial charge in [-0.3, -0.25) is 14.0 Å². The van der Waals surface area contributed by atoms with Crippen molar-refractivity contribution in [3.63, 3.8) is 0 Å². The summed E-state index contributed by atoms with van der Waals surface area (Å²) in [5.74, 6) is -2.21. The van der Waals surface area contributed by atoms with Crippen LogP contribution >= 0.6 is 19.9 Å². The SMILES string of the molecule is CCOC1CCC(n2cc(NC(=O)c3csc(-c4cnn(COP(O)O)c4)n3)c(-c3nc(F)ccc3F)n2)CC1. The normalized spacial score (nSPS) is 17.4. The van der Waals surface area contributed by atoms with Crippen LogP contribution in [0.15, 0.2) is 36.1 Å². The van der Waals surface area contributed by atoms with Gasteiger partial charge in [-0.05, 0) is 44.7 Å². The average Bonchev–Trinajstić information content (AvgIpc) is 3.69. The zero-order chi connectivity index (χ0) is 28.2. The largest absolute Gasteiger partial charge is 0.379 e. The van der Waals surface area contributed by atoms with Crippen LogP contribution in [0.2, 0.25) is 0 Å². The molecule has 5 rings (SSSR count). The topological polar surface area (TPSA) is 149 Å². The van der Waals surface area contributed by atoms with Gasteiger partial charge in [0.1, 0.15) is 28.8 Å². The van der Waals surface area contributed by atoms with Crippen molar-refractivity contribution in [2.75, 3.05) is 11.9 Å². The van der Waals surface area contributed by atoms with Gasteiger partial charge in [-0.1, -0.05) is 0 Å². The van der Waals surface area contributed by atoms with Gasteiger partial charge < -0.3 is 19.8 Å². The highest BCUT2D eigenvalue weighted by molar-refractivity contribution is 7.39. The predicted octanol–water partition coefficient (Wildman–Crippen LogP) is 4.50. The van der Waals surface area contributed by atoms with E-state index in [1.54, 1.807) is 22.5 Å². The lowest BCUT2D eigenvalue weighted by Crippen LogP contribution is -2.24. The predicted molar refractivity (Wildman–Crippen MR) is 142 cm³/mol. The lowest BCUT2D eigenvalue weighted by atomic mass is 9.93. The number of aromatic nitrogens is 6. The number of amides is 1. The number of carbonyl (C=O) groups excluding carboxylic acids is 1. The van der Waals surface area contributed by atoms with Crippen molar-refractivity contribution in [2.45, 2.75) is 51.5 Å². The van der Waals surface area contributed by atoms with E-state index < -0.39 is 26.3 Å². The molecule has 1 fully saturated rings. The van der Waals surface area contributed by atoms with Crippen LogP contribution in [0.3, 0.4) is 0 Å². The van der Waals surface area contributed by atoms with E-state index in [1.165, 1.54) is 22.2 Å². The maximum absolute atomic E-state index is 14.7. The first kappa shape index (κ1) is 28.3. The molecule has 1 aliphatic carbocycles. The molecule has 0 bridgehead atoms. The molecule has 16 heteroatoms. The fourth-order valence-electron chi connectivity index (χ4n) is 4.49. The van der Waals surface area contributed by atoms with Gasteiger partial charge in [0.05, 0.1) is 24.0 Å². The van der Waals surface area contributed by atoms with Crippen LogP contribution in [0.5, 0.6) is 0 Å². The van der Waals surface area contributed by atoms with Crippen molar-refractivity contribution in [2.24, 2.45) is 0 Å². The summed E-state index contributed by atoms with van der Waals surface area (Å²) in [7, 11) is -2.52. The fraction of sp³-hybridized carbons (Fsp3) is 0.375. The molecule has 0 aliphatic heterocycles. The summed E-state index contributed by atoms with van der Waals surface area (Å²) in [6, 6.07) is 1.88. The van der Waals surface area contributed by atoms with Gasteiger partial charge >= 0.3 is 8.60 Å². The van der Waals surface area contributed by atoms with Crippen LogP contribution in [-0.2, 0) is 16.0 Å². The number of pyridine rings is 1. The second kappa shape index (κ2) is 12.5. The molecule has 0 aromatic carbocycles. The van der Waals surface area contributed by atoms with Crippen molar-refractivity contribution >= 4 is 31.5 Å². The Morgan fingerprint density at radius 3 is 2.73 bits per heavy atom. The van der Waals surface area contributed by atoms with Crippen LogP contribution in [0.4, 0.5) is 14.5 Å². The first-order valence-corrected chi connectivity index (χ1v) is 14.5. The molecule has 0 atom stereocenters. The van der Waals surface area contributed by atoms with Crippen LogP contribution in [0, 0.1) is 11.8 Å². The molecule has 0 saturated heterocycles. The van der Waals surface area contributed by atoms with Crippen molar-refractivity contribution in [3.8, 4) is 22.0 Å². The molecule has 3 N–H and O–H groups in total. The number of anilines is 1. The molecular formula is C24H26F2N7O5PS. The first-order valence-electron chi connectivity index (χ1n) is 12.4. The lowest BCUT2D eigenvalue weighted by Gasteiger charge is -2.28. The summed E-state index contributed by atoms with van der Waals surface area (Å²) in [5, 5.41) is 13.4. The third-order valence-electron chi connectivity index (χ3n) is 6.36. The van der Waals surface area contributed by atoms with Crippen molar-refractivity contribution in [1.29, 1.82) is 0 Å². The summed E-state index contributed by atoms with van der Waals surface area (Å²) < 4.78 is 42.2. The lowest BCUT2D eigenvalue weighted by molar-refractivity contribution is 0.0260. The number of ether oxygens (including phenoxy) is 1. The van der Waals surface area contributed by atoms with E-state index in [0.717, 1.165) is 37.8 Å². The van der Waals surface area contributed by atoms with Gasteiger partial charge in [0, 0.05) is 29.9 Å². The van der Waals surface area contributed by atoms with E-state index in [4.69, 9.17) is 19.0 Å². The zero-order valence-corrected chi connectivity index (χ0v) is 23.0. The summed E-state index contributed by atoms with van der Waals surface area (Å²) in [5.41, 5.74) is 0.580. The van der Waals surface area contributed by atoms with Gasteiger partial charge in [-0.15, -0.1) is 11.3 Å². The van der Waals surface area contributed by atoms with Crippen LogP contribution < -0.4 is 5.32 Å². The Balaban J connectivity index is 1.37. The molecule has 0 spiro atoms. The van der Waals surface area contributed by atoms with Crippen LogP contribution in [0.1, 0.15) is 49.1 Å². The van der Waals surface area contributed by atoms with Crippen molar-refractivity contribution in [1.82, 2.24) is 29.5 Å². The summed E-state index contributed by atoms with van der Waals surface area (Å²) in [4.78, 5) is 39.0. The summed E-state index contributed by atoms with van der Waals surface area (Å²) in [6.07, 6.45) is 8.12. The number of hydrogen-bond donors (Lipinski definition) is 3. The fourth-order valence-corrected chi connectivity index (χ4v) is 5.49. The van der Waals surface area contributed by atoms with Gasteiger partial charge in [0.2, 0.25) is 5.95 Å². The van der Waals surface area contributed by atoms with Crippen LogP contribution in [0.25, 0.3) is 22.0 Å². The molecule has 0 unspecified atom stereocenters. The molecule has 4 heterocycles. The van der Waals surface area contributed by atoms with E-state index in [-0.39, 0.29) is 41.6 Å². The second-order valence-electron chi connectivity index (χ2n) is 8.99. The third kappa shape index (κ3) is 6.57. The Morgan fingerprint density at radius 1 is 1.18 bits per heavy atom. The highest BCUT2D eigenvalue weighted by Gasteiger charge is 2.27. The molecule has 0 radical (unpaired) electrons. The summed E-state index contributed by atoms with van der Waals surface area (Å²) in [6.45, 7) is 2.44. The van der Waals surface area contributed by atoms with Crippen molar-refractivity contribution < 1.29 is 32.6 Å². The molecule has 1 amide bonds. The minimum absolute atomic E-state index is 0.00249. The smallest absolute Gasteiger partial charge is 0.328 e. The molecule has 4 aromatic heterocycles. The molecule has 212 valence electrons. The van der Waals surface area contributed by atoms with E-state index in [1.807, 2.05) is 6.92 Å². The highest BCUT2D eigenvalue weighted by atomic mass is 32.1. The molecule has 12 nitrogen and oxygen atoms in total. The Morgan fingerprint density at radius 2 is 1.98 bits per heavy atom. The highest BCUT2D eigenvalue weighted by Crippen LogP contribution is 2.35. The molecule has 40 heavy (non-hydrogen) atoms. The number of nitrogens with one attached hydrogen (secondary N) is 1. The van der Waals surface area contributed by atoms with Gasteiger partial charge in [0.15, 0.2) is 5.82 Å². The first-order chi connectivity index (χ1) is 19.3. The number of hydrogen-bond acceptors (Lipinski definition) is 10. The monoisotopic (exact) mass is 593 g/mol. The Hall–Kier alpha value is -3.20. The molecule has 1 saturated carbocycles. The van der Waals surface area contributed by atoms with E-state index in [2.05, 4.69) is 25.5 Å². The van der Waals surface area contributed by atoms with Gasteiger partial charge in [-0.2, -0.15) is 14.6 Å². The molecule has 1 aliphatic rings. The Bertz CT molecular complexity index is 1470. The molecular weight excluding hydrogens is 567 g/mol.